The van der Waals surface area contributed by atoms with E-state index in [1.54, 1.807) is 0 Å². The van der Waals surface area contributed by atoms with E-state index in [0.717, 1.165) is 47.3 Å². The van der Waals surface area contributed by atoms with Crippen molar-refractivity contribution in [2.75, 3.05) is 5.73 Å². The van der Waals surface area contributed by atoms with Crippen LogP contribution in [0, 0.1) is 0 Å². The summed E-state index contributed by atoms with van der Waals surface area (Å²) in [6, 6.07) is 7.63. The third-order valence-corrected chi connectivity index (χ3v) is 3.25. The number of nitrogens with zero attached hydrogens (tertiary/aromatic N) is 2. The van der Waals surface area contributed by atoms with Gasteiger partial charge in [0, 0.05) is 23.6 Å². The number of nitrogens with two attached hydrogens (primary N) is 1. The number of hydrogen-bond donors (Lipinski definition) is 1. The Morgan fingerprint density at radius 1 is 1.22 bits per heavy atom. The van der Waals surface area contributed by atoms with Crippen molar-refractivity contribution < 1.29 is 0 Å². The Bertz CT molecular complexity index is 529. The zero-order chi connectivity index (χ0) is 13.1. The van der Waals surface area contributed by atoms with Crippen LogP contribution < -0.4 is 5.73 Å². The Kier molecular flexibility index (Phi) is 3.92. The summed E-state index contributed by atoms with van der Waals surface area (Å²) in [5.41, 5.74) is 8.06. The van der Waals surface area contributed by atoms with Crippen LogP contribution in [0.15, 0.2) is 24.3 Å². The lowest BCUT2D eigenvalue weighted by molar-refractivity contribution is 0.690. The van der Waals surface area contributed by atoms with Crippen molar-refractivity contribution in [2.24, 2.45) is 0 Å². The molecule has 0 aliphatic carbocycles. The van der Waals surface area contributed by atoms with E-state index in [9.17, 15) is 0 Å². The molecule has 0 amide bonds. The van der Waals surface area contributed by atoms with Crippen LogP contribution in [0.5, 0.6) is 0 Å². The van der Waals surface area contributed by atoms with Gasteiger partial charge < -0.3 is 10.3 Å². The summed E-state index contributed by atoms with van der Waals surface area (Å²) in [7, 11) is 0. The Balaban J connectivity index is 2.47. The molecule has 0 bridgehead atoms. The van der Waals surface area contributed by atoms with E-state index < -0.39 is 0 Å². The standard InChI is InChI=1S/C14H18ClN3/c1-3-5-12-17-13(14(16)18(12)4-2)10-6-8-11(15)9-7-10/h6-9H,3-5,16H2,1-2H3. The van der Waals surface area contributed by atoms with Gasteiger partial charge in [-0.2, -0.15) is 0 Å². The van der Waals surface area contributed by atoms with Crippen molar-refractivity contribution in [1.82, 2.24) is 9.55 Å². The predicted molar refractivity (Wildman–Crippen MR) is 76.8 cm³/mol. The highest BCUT2D eigenvalue weighted by Crippen LogP contribution is 2.27. The number of imidazole rings is 1. The molecular formula is C14H18ClN3. The van der Waals surface area contributed by atoms with E-state index in [4.69, 9.17) is 17.3 Å². The molecule has 96 valence electrons. The molecule has 0 atom stereocenters. The van der Waals surface area contributed by atoms with E-state index in [-0.39, 0.29) is 0 Å². The number of aryl methyl sites for hydroxylation is 1. The van der Waals surface area contributed by atoms with Gasteiger partial charge in [0.2, 0.25) is 0 Å². The summed E-state index contributed by atoms with van der Waals surface area (Å²) in [6.45, 7) is 5.08. The molecule has 0 fully saturated rings. The van der Waals surface area contributed by atoms with E-state index in [1.807, 2.05) is 24.3 Å². The minimum atomic E-state index is 0.723. The normalized spacial score (nSPS) is 10.8. The summed E-state index contributed by atoms with van der Waals surface area (Å²) in [6.07, 6.45) is 2.02. The molecule has 0 saturated carbocycles. The molecule has 0 saturated heterocycles. The molecule has 0 aliphatic rings. The van der Waals surface area contributed by atoms with Crippen LogP contribution >= 0.6 is 11.6 Å². The van der Waals surface area contributed by atoms with E-state index in [1.165, 1.54) is 0 Å². The molecule has 2 N–H and O–H groups in total. The summed E-state index contributed by atoms with van der Waals surface area (Å²) in [4.78, 5) is 4.67. The number of benzene rings is 1. The predicted octanol–water partition coefficient (Wildman–Crippen LogP) is 3.76. The molecule has 1 aromatic heterocycles. The van der Waals surface area contributed by atoms with Crippen molar-refractivity contribution in [3.63, 3.8) is 0 Å². The first kappa shape index (κ1) is 13.0. The molecule has 4 heteroatoms. The van der Waals surface area contributed by atoms with Gasteiger partial charge >= 0.3 is 0 Å². The van der Waals surface area contributed by atoms with Gasteiger partial charge in [-0.15, -0.1) is 0 Å². The van der Waals surface area contributed by atoms with E-state index >= 15 is 0 Å². The Morgan fingerprint density at radius 3 is 2.44 bits per heavy atom. The lowest BCUT2D eigenvalue weighted by atomic mass is 10.1. The van der Waals surface area contributed by atoms with Crippen LogP contribution in [0.3, 0.4) is 0 Å². The number of anilines is 1. The summed E-state index contributed by atoms with van der Waals surface area (Å²) in [5.74, 6) is 1.80. The zero-order valence-corrected chi connectivity index (χ0v) is 11.5. The summed E-state index contributed by atoms with van der Waals surface area (Å²) in [5, 5.41) is 0.723. The van der Waals surface area contributed by atoms with Crippen LogP contribution in [-0.4, -0.2) is 9.55 Å². The maximum Gasteiger partial charge on any atom is 0.131 e. The van der Waals surface area contributed by atoms with Gasteiger partial charge in [-0.05, 0) is 25.5 Å². The number of aromatic nitrogens is 2. The first-order chi connectivity index (χ1) is 8.67. The SMILES string of the molecule is CCCc1nc(-c2ccc(Cl)cc2)c(N)n1CC. The van der Waals surface area contributed by atoms with Crippen molar-refractivity contribution in [2.45, 2.75) is 33.2 Å². The average Bonchev–Trinajstić information content (AvgIpc) is 2.67. The molecule has 3 nitrogen and oxygen atoms in total. The molecule has 0 radical (unpaired) electrons. The van der Waals surface area contributed by atoms with Crippen LogP contribution in [0.2, 0.25) is 5.02 Å². The number of hydrogen-bond acceptors (Lipinski definition) is 2. The first-order valence-corrected chi connectivity index (χ1v) is 6.66. The van der Waals surface area contributed by atoms with Crippen LogP contribution in [0.4, 0.5) is 5.82 Å². The minimum Gasteiger partial charge on any atom is -0.383 e. The fraction of sp³-hybridized carbons (Fsp3) is 0.357. The molecular weight excluding hydrogens is 246 g/mol. The van der Waals surface area contributed by atoms with Gasteiger partial charge in [0.25, 0.3) is 0 Å². The number of rotatable bonds is 4. The molecule has 0 spiro atoms. The first-order valence-electron chi connectivity index (χ1n) is 6.28. The molecule has 0 unspecified atom stereocenters. The van der Waals surface area contributed by atoms with Gasteiger partial charge in [-0.3, -0.25) is 0 Å². The quantitative estimate of drug-likeness (QED) is 0.913. The highest BCUT2D eigenvalue weighted by atomic mass is 35.5. The fourth-order valence-corrected chi connectivity index (χ4v) is 2.23. The molecule has 2 rings (SSSR count). The van der Waals surface area contributed by atoms with Crippen LogP contribution in [0.1, 0.15) is 26.1 Å². The Hall–Kier alpha value is -1.48. The van der Waals surface area contributed by atoms with Crippen molar-refractivity contribution in [1.29, 1.82) is 0 Å². The van der Waals surface area contributed by atoms with Gasteiger partial charge in [0.15, 0.2) is 0 Å². The number of nitrogen functional groups attached to an aromatic ring is 1. The minimum absolute atomic E-state index is 0.723. The van der Waals surface area contributed by atoms with Crippen molar-refractivity contribution in [3.8, 4) is 11.3 Å². The molecule has 2 aromatic rings. The van der Waals surface area contributed by atoms with Gasteiger partial charge in [-0.1, -0.05) is 30.7 Å². The Morgan fingerprint density at radius 2 is 1.89 bits per heavy atom. The van der Waals surface area contributed by atoms with Gasteiger partial charge in [-0.25, -0.2) is 4.98 Å². The van der Waals surface area contributed by atoms with Crippen molar-refractivity contribution in [3.05, 3.63) is 35.1 Å². The Labute approximate surface area is 113 Å². The third-order valence-electron chi connectivity index (χ3n) is 2.99. The van der Waals surface area contributed by atoms with Crippen LogP contribution in [-0.2, 0) is 13.0 Å². The molecule has 0 aliphatic heterocycles. The van der Waals surface area contributed by atoms with Gasteiger partial charge in [0.1, 0.15) is 17.3 Å². The number of halogens is 1. The van der Waals surface area contributed by atoms with E-state index in [0.29, 0.717) is 0 Å². The second kappa shape index (κ2) is 5.44. The largest absolute Gasteiger partial charge is 0.383 e. The highest BCUT2D eigenvalue weighted by Gasteiger charge is 2.14. The summed E-state index contributed by atoms with van der Waals surface area (Å²) >= 11 is 5.90. The second-order valence-corrected chi connectivity index (χ2v) is 4.70. The lowest BCUT2D eigenvalue weighted by Crippen LogP contribution is -2.05. The zero-order valence-electron chi connectivity index (χ0n) is 10.8. The monoisotopic (exact) mass is 263 g/mol. The molecule has 1 aromatic carbocycles. The van der Waals surface area contributed by atoms with Gasteiger partial charge in [0.05, 0.1) is 0 Å². The second-order valence-electron chi connectivity index (χ2n) is 4.26. The van der Waals surface area contributed by atoms with Crippen LogP contribution in [0.25, 0.3) is 11.3 Å². The molecule has 18 heavy (non-hydrogen) atoms. The maximum atomic E-state index is 6.18. The summed E-state index contributed by atoms with van der Waals surface area (Å²) < 4.78 is 2.08. The van der Waals surface area contributed by atoms with Crippen molar-refractivity contribution >= 4 is 17.4 Å². The molecule has 1 heterocycles. The third kappa shape index (κ3) is 2.36. The smallest absolute Gasteiger partial charge is 0.131 e. The fourth-order valence-electron chi connectivity index (χ4n) is 2.10. The topological polar surface area (TPSA) is 43.8 Å². The van der Waals surface area contributed by atoms with E-state index in [2.05, 4.69) is 23.4 Å². The maximum absolute atomic E-state index is 6.18. The average molecular weight is 264 g/mol. The highest BCUT2D eigenvalue weighted by molar-refractivity contribution is 6.30. The lowest BCUT2D eigenvalue weighted by Gasteiger charge is -2.05.